The van der Waals surface area contributed by atoms with E-state index in [-0.39, 0.29) is 24.5 Å². The Morgan fingerprint density at radius 3 is 2.36 bits per heavy atom. The fraction of sp³-hybridized carbons (Fsp3) is 0.400. The minimum atomic E-state index is -0.0787. The zero-order valence-corrected chi connectivity index (χ0v) is 16.3. The van der Waals surface area contributed by atoms with Crippen LogP contribution in [-0.2, 0) is 17.9 Å². The van der Waals surface area contributed by atoms with Crippen molar-refractivity contribution in [3.05, 3.63) is 56.8 Å². The van der Waals surface area contributed by atoms with E-state index in [0.717, 1.165) is 27.4 Å². The molecule has 2 rings (SSSR count). The van der Waals surface area contributed by atoms with Crippen LogP contribution in [-0.4, -0.2) is 25.8 Å². The Labute approximate surface area is 153 Å². The fourth-order valence-corrected chi connectivity index (χ4v) is 3.78. The molecule has 1 amide bonds. The third kappa shape index (κ3) is 5.80. The van der Waals surface area contributed by atoms with Crippen molar-refractivity contribution in [3.8, 4) is 0 Å². The topological polar surface area (TPSA) is 50.6 Å². The van der Waals surface area contributed by atoms with Gasteiger partial charge in [0.15, 0.2) is 5.78 Å². The monoisotopic (exact) mass is 359 g/mol. The number of carbonyl (C=O) groups excluding carboxylic acids is 2. The van der Waals surface area contributed by atoms with Crippen LogP contribution in [0.1, 0.15) is 44.1 Å². The van der Waals surface area contributed by atoms with Gasteiger partial charge in [-0.2, -0.15) is 0 Å². The van der Waals surface area contributed by atoms with Crippen molar-refractivity contribution in [3.63, 3.8) is 0 Å². The van der Waals surface area contributed by atoms with Gasteiger partial charge in [0.05, 0.1) is 14.1 Å². The number of quaternary nitrogens is 1. The molecule has 25 heavy (non-hydrogen) atoms. The number of Topliss-reactive ketones (excluding diaryl/α,β-unsaturated/α-hetero) is 1. The van der Waals surface area contributed by atoms with Crippen molar-refractivity contribution >= 4 is 23.0 Å². The Morgan fingerprint density at radius 2 is 1.76 bits per heavy atom. The van der Waals surface area contributed by atoms with Crippen molar-refractivity contribution in [2.45, 2.75) is 39.8 Å². The molecule has 5 heteroatoms. The number of nitrogens with one attached hydrogen (secondary N) is 2. The van der Waals surface area contributed by atoms with Gasteiger partial charge in [0, 0.05) is 40.3 Å². The number of hydrogen-bond donors (Lipinski definition) is 2. The van der Waals surface area contributed by atoms with Crippen LogP contribution in [0, 0.1) is 13.8 Å². The summed E-state index contributed by atoms with van der Waals surface area (Å²) in [5.41, 5.74) is 3.13. The Balaban J connectivity index is 1.85. The first-order chi connectivity index (χ1) is 11.9. The Morgan fingerprint density at radius 1 is 1.08 bits per heavy atom. The SMILES string of the molecule is Cc1cc(C(=O)CCC(=O)NCc2ccccc2C[NH+](C)C)c(C)s1. The first-order valence-electron chi connectivity index (χ1n) is 8.59. The molecule has 0 spiro atoms. The van der Waals surface area contributed by atoms with Crippen LogP contribution in [0.3, 0.4) is 0 Å². The van der Waals surface area contributed by atoms with Crippen molar-refractivity contribution in [1.29, 1.82) is 0 Å². The lowest BCUT2D eigenvalue weighted by Gasteiger charge is -2.12. The number of aryl methyl sites for hydroxylation is 2. The molecule has 0 atom stereocenters. The zero-order chi connectivity index (χ0) is 18.4. The molecule has 0 fully saturated rings. The number of rotatable bonds is 8. The first-order valence-corrected chi connectivity index (χ1v) is 9.41. The minimum absolute atomic E-state index is 0.0496. The van der Waals surface area contributed by atoms with Gasteiger partial charge in [0.25, 0.3) is 0 Å². The standard InChI is InChI=1S/C20H26N2O2S/c1-14-11-18(15(2)25-14)19(23)9-10-20(24)21-12-16-7-5-6-8-17(16)13-22(3)4/h5-8,11H,9-10,12-13H2,1-4H3,(H,21,24)/p+1. The van der Waals surface area contributed by atoms with Crippen LogP contribution >= 0.6 is 11.3 Å². The number of amides is 1. The molecule has 0 bridgehead atoms. The highest BCUT2D eigenvalue weighted by Gasteiger charge is 2.14. The number of hydrogen-bond acceptors (Lipinski definition) is 3. The predicted octanol–water partition coefficient (Wildman–Crippen LogP) is 2.29. The van der Waals surface area contributed by atoms with E-state index in [9.17, 15) is 9.59 Å². The van der Waals surface area contributed by atoms with Gasteiger partial charge >= 0.3 is 0 Å². The van der Waals surface area contributed by atoms with E-state index in [0.29, 0.717) is 6.54 Å². The average molecular weight is 360 g/mol. The van der Waals surface area contributed by atoms with Gasteiger partial charge < -0.3 is 10.2 Å². The highest BCUT2D eigenvalue weighted by Crippen LogP contribution is 2.22. The number of ketones is 1. The Bertz CT molecular complexity index is 750. The van der Waals surface area contributed by atoms with Crippen LogP contribution in [0.5, 0.6) is 0 Å². The quantitative estimate of drug-likeness (QED) is 0.711. The number of carbonyl (C=O) groups is 2. The summed E-state index contributed by atoms with van der Waals surface area (Å²) in [5.74, 6) is -0.0291. The minimum Gasteiger partial charge on any atom is -0.352 e. The fourth-order valence-electron chi connectivity index (χ4n) is 2.83. The highest BCUT2D eigenvalue weighted by molar-refractivity contribution is 7.12. The average Bonchev–Trinajstić information content (AvgIpc) is 2.89. The molecule has 1 aromatic carbocycles. The van der Waals surface area contributed by atoms with E-state index in [2.05, 4.69) is 25.5 Å². The van der Waals surface area contributed by atoms with Gasteiger partial charge in [0.1, 0.15) is 6.54 Å². The van der Waals surface area contributed by atoms with E-state index in [4.69, 9.17) is 0 Å². The Kier molecular flexibility index (Phi) is 6.91. The van der Waals surface area contributed by atoms with Crippen LogP contribution in [0.4, 0.5) is 0 Å². The molecule has 2 aromatic rings. The van der Waals surface area contributed by atoms with E-state index < -0.39 is 0 Å². The van der Waals surface area contributed by atoms with E-state index in [1.54, 1.807) is 11.3 Å². The third-order valence-corrected chi connectivity index (χ3v) is 5.02. The third-order valence-electron chi connectivity index (χ3n) is 4.06. The van der Waals surface area contributed by atoms with Crippen molar-refractivity contribution in [2.75, 3.05) is 14.1 Å². The van der Waals surface area contributed by atoms with Crippen LogP contribution in [0.2, 0.25) is 0 Å². The van der Waals surface area contributed by atoms with Crippen molar-refractivity contribution in [1.82, 2.24) is 5.32 Å². The second-order valence-electron chi connectivity index (χ2n) is 6.68. The normalized spacial score (nSPS) is 10.9. The number of thiophene rings is 1. The van der Waals surface area contributed by atoms with Gasteiger partial charge in [-0.25, -0.2) is 0 Å². The molecular weight excluding hydrogens is 332 g/mol. The summed E-state index contributed by atoms with van der Waals surface area (Å²) >= 11 is 1.62. The predicted molar refractivity (Wildman–Crippen MR) is 102 cm³/mol. The smallest absolute Gasteiger partial charge is 0.220 e. The van der Waals surface area contributed by atoms with Gasteiger partial charge in [-0.05, 0) is 25.5 Å². The summed E-state index contributed by atoms with van der Waals surface area (Å²) in [7, 11) is 4.21. The van der Waals surface area contributed by atoms with Crippen LogP contribution in [0.15, 0.2) is 30.3 Å². The molecule has 1 aromatic heterocycles. The summed E-state index contributed by atoms with van der Waals surface area (Å²) < 4.78 is 0. The lowest BCUT2D eigenvalue weighted by atomic mass is 10.1. The van der Waals surface area contributed by atoms with E-state index in [1.165, 1.54) is 10.5 Å². The maximum Gasteiger partial charge on any atom is 0.220 e. The van der Waals surface area contributed by atoms with Crippen LogP contribution < -0.4 is 10.2 Å². The molecule has 0 saturated heterocycles. The van der Waals surface area contributed by atoms with Gasteiger partial charge in [-0.1, -0.05) is 24.3 Å². The maximum atomic E-state index is 12.3. The maximum absolute atomic E-state index is 12.3. The molecule has 0 radical (unpaired) electrons. The van der Waals surface area contributed by atoms with Crippen LogP contribution in [0.25, 0.3) is 0 Å². The van der Waals surface area contributed by atoms with E-state index >= 15 is 0 Å². The lowest BCUT2D eigenvalue weighted by molar-refractivity contribution is -0.872. The summed E-state index contributed by atoms with van der Waals surface area (Å²) in [6, 6.07) is 10.1. The van der Waals surface area contributed by atoms with Crippen molar-refractivity contribution < 1.29 is 14.5 Å². The molecule has 0 saturated carbocycles. The Hall–Kier alpha value is -1.98. The molecule has 134 valence electrons. The summed E-state index contributed by atoms with van der Waals surface area (Å²) in [6.45, 7) is 5.37. The molecular formula is C20H27N2O2S+. The molecule has 0 aliphatic rings. The highest BCUT2D eigenvalue weighted by atomic mass is 32.1. The van der Waals surface area contributed by atoms with Gasteiger partial charge in [-0.3, -0.25) is 9.59 Å². The summed E-state index contributed by atoms with van der Waals surface area (Å²) in [6.07, 6.45) is 0.487. The largest absolute Gasteiger partial charge is 0.352 e. The molecule has 2 N–H and O–H groups in total. The summed E-state index contributed by atoms with van der Waals surface area (Å²) in [4.78, 5) is 27.9. The number of benzene rings is 1. The molecule has 1 heterocycles. The zero-order valence-electron chi connectivity index (χ0n) is 15.4. The lowest BCUT2D eigenvalue weighted by Crippen LogP contribution is -3.04. The molecule has 0 aliphatic heterocycles. The van der Waals surface area contributed by atoms with Crippen molar-refractivity contribution in [2.24, 2.45) is 0 Å². The van der Waals surface area contributed by atoms with Gasteiger partial charge in [-0.15, -0.1) is 11.3 Å². The van der Waals surface area contributed by atoms with E-state index in [1.807, 2.05) is 38.1 Å². The first kappa shape index (κ1) is 19.3. The molecule has 4 nitrogen and oxygen atoms in total. The molecule has 0 aliphatic carbocycles. The van der Waals surface area contributed by atoms with Gasteiger partial charge in [0.2, 0.25) is 5.91 Å². The summed E-state index contributed by atoms with van der Waals surface area (Å²) in [5, 5.41) is 2.94. The molecule has 0 unspecified atom stereocenters. The second kappa shape index (κ2) is 8.92. The second-order valence-corrected chi connectivity index (χ2v) is 8.14.